The normalized spacial score (nSPS) is 16.5. The van der Waals surface area contributed by atoms with Crippen LogP contribution >= 0.6 is 0 Å². The molecule has 31 heavy (non-hydrogen) atoms. The Bertz CT molecular complexity index is 1130. The Morgan fingerprint density at radius 1 is 1.06 bits per heavy atom. The summed E-state index contributed by atoms with van der Waals surface area (Å²) in [4.78, 5) is 45.1. The van der Waals surface area contributed by atoms with Crippen molar-refractivity contribution < 1.29 is 18.8 Å². The number of carbonyl (C=O) groups is 3. The van der Waals surface area contributed by atoms with E-state index in [1.54, 1.807) is 34.1 Å². The minimum atomic E-state index is -0.736. The third-order valence-electron chi connectivity index (χ3n) is 5.77. The average molecular weight is 421 g/mol. The number of piperazine rings is 1. The van der Waals surface area contributed by atoms with Crippen molar-refractivity contribution in [3.05, 3.63) is 71.7 Å². The summed E-state index contributed by atoms with van der Waals surface area (Å²) < 4.78 is 14.3. The van der Waals surface area contributed by atoms with Crippen molar-refractivity contribution in [3.63, 3.8) is 0 Å². The maximum Gasteiger partial charge on any atom is 0.295 e. The fourth-order valence-electron chi connectivity index (χ4n) is 4.22. The van der Waals surface area contributed by atoms with Gasteiger partial charge in [0.15, 0.2) is 0 Å². The van der Waals surface area contributed by atoms with E-state index >= 15 is 0 Å². The molecule has 0 spiro atoms. The van der Waals surface area contributed by atoms with Crippen LogP contribution in [-0.2, 0) is 4.79 Å². The number of aromatic amines is 1. The van der Waals surface area contributed by atoms with Crippen LogP contribution < -0.4 is 0 Å². The predicted octanol–water partition coefficient (Wildman–Crippen LogP) is 3.64. The van der Waals surface area contributed by atoms with Crippen LogP contribution in [0.2, 0.25) is 0 Å². The summed E-state index contributed by atoms with van der Waals surface area (Å²) in [5.41, 5.74) is 1.11. The highest BCUT2D eigenvalue weighted by atomic mass is 19.1. The molecule has 0 radical (unpaired) electrons. The fourth-order valence-corrected chi connectivity index (χ4v) is 4.22. The number of Topliss-reactive ketones (excluding diaryl/α,β-unsaturated/α-hetero) is 1. The molecule has 7 heteroatoms. The summed E-state index contributed by atoms with van der Waals surface area (Å²) >= 11 is 0. The van der Waals surface area contributed by atoms with Gasteiger partial charge in [0, 0.05) is 48.3 Å². The molecule has 0 unspecified atom stereocenters. The summed E-state index contributed by atoms with van der Waals surface area (Å²) in [6, 6.07) is 13.2. The van der Waals surface area contributed by atoms with Crippen LogP contribution in [0.1, 0.15) is 40.5 Å². The van der Waals surface area contributed by atoms with Gasteiger partial charge in [-0.1, -0.05) is 37.6 Å². The molecule has 1 aromatic heterocycles. The van der Waals surface area contributed by atoms with E-state index in [-0.39, 0.29) is 29.4 Å². The topological polar surface area (TPSA) is 73.5 Å². The first-order valence-corrected chi connectivity index (χ1v) is 10.5. The standard InChI is InChI=1S/C24H24FN3O3/c1-2-7-17-15-27(23(30)16-8-4-3-5-9-16)12-13-28(17)24(31)22(29)18-14-26-20-11-6-10-19(25)21(18)20/h3-6,8-11,14,17,26H,2,7,12-13,15H2,1H3/t17-/m0/s1. The Labute approximate surface area is 179 Å². The largest absolute Gasteiger partial charge is 0.360 e. The van der Waals surface area contributed by atoms with Gasteiger partial charge in [-0.2, -0.15) is 0 Å². The number of amides is 2. The molecule has 0 bridgehead atoms. The SMILES string of the molecule is CCC[C@H]1CN(C(=O)c2ccccc2)CCN1C(=O)C(=O)c1c[nH]c2cccc(F)c12. The van der Waals surface area contributed by atoms with Gasteiger partial charge in [-0.05, 0) is 30.7 Å². The molecule has 3 aromatic rings. The van der Waals surface area contributed by atoms with E-state index in [1.165, 1.54) is 12.3 Å². The number of fused-ring (bicyclic) bond motifs is 1. The molecule has 1 fully saturated rings. The van der Waals surface area contributed by atoms with Gasteiger partial charge in [-0.3, -0.25) is 14.4 Å². The first-order chi connectivity index (χ1) is 15.0. The van der Waals surface area contributed by atoms with E-state index in [1.807, 2.05) is 25.1 Å². The lowest BCUT2D eigenvalue weighted by Gasteiger charge is -2.41. The van der Waals surface area contributed by atoms with Crippen LogP contribution in [0.15, 0.2) is 54.7 Å². The molecule has 4 rings (SSSR count). The predicted molar refractivity (Wildman–Crippen MR) is 115 cm³/mol. The van der Waals surface area contributed by atoms with Gasteiger partial charge in [0.1, 0.15) is 5.82 Å². The number of hydrogen-bond donors (Lipinski definition) is 1. The molecule has 1 aliphatic rings. The second-order valence-corrected chi connectivity index (χ2v) is 7.75. The summed E-state index contributed by atoms with van der Waals surface area (Å²) in [6.45, 7) is 2.97. The Morgan fingerprint density at radius 2 is 1.84 bits per heavy atom. The van der Waals surface area contributed by atoms with Gasteiger partial charge in [-0.25, -0.2) is 4.39 Å². The number of hydrogen-bond acceptors (Lipinski definition) is 3. The first-order valence-electron chi connectivity index (χ1n) is 10.5. The molecule has 1 N–H and O–H groups in total. The van der Waals surface area contributed by atoms with Crippen LogP contribution in [0.25, 0.3) is 10.9 Å². The molecule has 1 saturated heterocycles. The Kier molecular flexibility index (Phi) is 5.84. The van der Waals surface area contributed by atoms with Gasteiger partial charge < -0.3 is 14.8 Å². The zero-order valence-corrected chi connectivity index (χ0v) is 17.3. The van der Waals surface area contributed by atoms with Crippen LogP contribution in [-0.4, -0.2) is 58.1 Å². The summed E-state index contributed by atoms with van der Waals surface area (Å²) in [6.07, 6.45) is 2.86. The van der Waals surface area contributed by atoms with Crippen molar-refractivity contribution in [2.24, 2.45) is 0 Å². The maximum atomic E-state index is 14.3. The van der Waals surface area contributed by atoms with Crippen molar-refractivity contribution in [2.75, 3.05) is 19.6 Å². The minimum absolute atomic E-state index is 0.0381. The van der Waals surface area contributed by atoms with Crippen molar-refractivity contribution in [2.45, 2.75) is 25.8 Å². The van der Waals surface area contributed by atoms with Gasteiger partial charge in [0.05, 0.1) is 5.56 Å². The van der Waals surface area contributed by atoms with Crippen molar-refractivity contribution in [1.82, 2.24) is 14.8 Å². The lowest BCUT2D eigenvalue weighted by molar-refractivity contribution is -0.131. The van der Waals surface area contributed by atoms with Crippen molar-refractivity contribution in [1.29, 1.82) is 0 Å². The summed E-state index contributed by atoms with van der Waals surface area (Å²) in [7, 11) is 0. The van der Waals surface area contributed by atoms with Gasteiger partial charge in [0.2, 0.25) is 0 Å². The Balaban J connectivity index is 1.55. The zero-order valence-electron chi connectivity index (χ0n) is 17.3. The molecule has 1 atom stereocenters. The van der Waals surface area contributed by atoms with Crippen LogP contribution in [0.4, 0.5) is 4.39 Å². The first kappa shape index (κ1) is 20.8. The highest BCUT2D eigenvalue weighted by molar-refractivity contribution is 6.45. The second kappa shape index (κ2) is 8.71. The Morgan fingerprint density at radius 3 is 2.58 bits per heavy atom. The van der Waals surface area contributed by atoms with E-state index in [4.69, 9.17) is 0 Å². The fraction of sp³-hybridized carbons (Fsp3) is 0.292. The number of halogens is 1. The maximum absolute atomic E-state index is 14.3. The van der Waals surface area contributed by atoms with E-state index in [9.17, 15) is 18.8 Å². The molecule has 0 saturated carbocycles. The summed E-state index contributed by atoms with van der Waals surface area (Å²) in [5.74, 6) is -2.02. The molecular weight excluding hydrogens is 397 g/mol. The van der Waals surface area contributed by atoms with E-state index in [0.29, 0.717) is 30.6 Å². The molecule has 2 heterocycles. The third kappa shape index (κ3) is 3.95. The zero-order chi connectivity index (χ0) is 22.0. The lowest BCUT2D eigenvalue weighted by atomic mass is 10.0. The number of H-pyrrole nitrogens is 1. The second-order valence-electron chi connectivity index (χ2n) is 7.75. The van der Waals surface area contributed by atoms with Gasteiger partial charge >= 0.3 is 0 Å². The number of rotatable bonds is 5. The van der Waals surface area contributed by atoms with Crippen LogP contribution in [0, 0.1) is 5.82 Å². The summed E-state index contributed by atoms with van der Waals surface area (Å²) in [5, 5.41) is 0.130. The van der Waals surface area contributed by atoms with Gasteiger partial charge in [-0.15, -0.1) is 0 Å². The van der Waals surface area contributed by atoms with E-state index in [0.717, 1.165) is 6.42 Å². The number of nitrogens with zero attached hydrogens (tertiary/aromatic N) is 2. The molecule has 2 amide bonds. The van der Waals surface area contributed by atoms with Crippen LogP contribution in [0.3, 0.4) is 0 Å². The third-order valence-corrected chi connectivity index (χ3v) is 5.77. The highest BCUT2D eigenvalue weighted by Gasteiger charge is 2.36. The van der Waals surface area contributed by atoms with E-state index in [2.05, 4.69) is 4.98 Å². The van der Waals surface area contributed by atoms with Crippen LogP contribution in [0.5, 0.6) is 0 Å². The number of aromatic nitrogens is 1. The van der Waals surface area contributed by atoms with Gasteiger partial charge in [0.25, 0.3) is 17.6 Å². The molecular formula is C24H24FN3O3. The molecule has 1 aliphatic heterocycles. The number of carbonyl (C=O) groups excluding carboxylic acids is 3. The smallest absolute Gasteiger partial charge is 0.295 e. The average Bonchev–Trinajstić information content (AvgIpc) is 3.24. The molecule has 0 aliphatic carbocycles. The highest BCUT2D eigenvalue weighted by Crippen LogP contribution is 2.24. The minimum Gasteiger partial charge on any atom is -0.360 e. The molecule has 6 nitrogen and oxygen atoms in total. The number of ketones is 1. The number of benzene rings is 2. The van der Waals surface area contributed by atoms with Crippen molar-refractivity contribution >= 4 is 28.5 Å². The molecule has 160 valence electrons. The number of nitrogens with one attached hydrogen (secondary N) is 1. The Hall–Kier alpha value is -3.48. The van der Waals surface area contributed by atoms with Crippen molar-refractivity contribution in [3.8, 4) is 0 Å². The van der Waals surface area contributed by atoms with E-state index < -0.39 is 17.5 Å². The molecule has 2 aromatic carbocycles. The monoisotopic (exact) mass is 421 g/mol. The quantitative estimate of drug-likeness (QED) is 0.505. The lowest BCUT2D eigenvalue weighted by Crippen LogP contribution is -2.57.